The summed E-state index contributed by atoms with van der Waals surface area (Å²) in [5, 5.41) is 3.07. The number of carbonyl (C=O) groups is 3. The zero-order valence-electron chi connectivity index (χ0n) is 25.5. The Kier molecular flexibility index (Phi) is 7.66. The summed E-state index contributed by atoms with van der Waals surface area (Å²) in [6, 6.07) is 11.7. The number of allylic oxidation sites excluding steroid dienone is 1. The van der Waals surface area contributed by atoms with Crippen LogP contribution >= 0.6 is 11.6 Å². The van der Waals surface area contributed by atoms with Crippen molar-refractivity contribution in [3.05, 3.63) is 75.1 Å². The number of benzene rings is 2. The molecule has 3 unspecified atom stereocenters. The smallest absolute Gasteiger partial charge is 0.255 e. The summed E-state index contributed by atoms with van der Waals surface area (Å²) < 4.78 is 16.0. The fraction of sp³-hybridized carbons (Fsp3) is 0.514. The monoisotopic (exact) mass is 618 g/mol. The van der Waals surface area contributed by atoms with Gasteiger partial charge in [-0.1, -0.05) is 49.2 Å². The largest absolute Gasteiger partial charge is 0.322 e. The van der Waals surface area contributed by atoms with E-state index in [1.807, 2.05) is 12.1 Å². The van der Waals surface area contributed by atoms with Gasteiger partial charge in [-0.05, 0) is 73.3 Å². The van der Waals surface area contributed by atoms with Gasteiger partial charge in [0.15, 0.2) is 0 Å². The average molecular weight is 619 g/mol. The number of imide groups is 1. The van der Waals surface area contributed by atoms with Crippen molar-refractivity contribution in [3.8, 4) is 0 Å². The Balaban J connectivity index is 1.05. The third kappa shape index (κ3) is 5.50. The summed E-state index contributed by atoms with van der Waals surface area (Å²) in [7, 11) is 0. The summed E-state index contributed by atoms with van der Waals surface area (Å²) >= 11 is 6.21. The molecule has 2 aromatic rings. The van der Waals surface area contributed by atoms with E-state index >= 15 is 4.39 Å². The van der Waals surface area contributed by atoms with Crippen molar-refractivity contribution in [3.63, 3.8) is 0 Å². The summed E-state index contributed by atoms with van der Waals surface area (Å²) in [6.45, 7) is 8.19. The van der Waals surface area contributed by atoms with E-state index in [4.69, 9.17) is 11.6 Å². The number of hydrogen-bond donors (Lipinski definition) is 1. The minimum absolute atomic E-state index is 0.0582. The van der Waals surface area contributed by atoms with Crippen LogP contribution in [0.5, 0.6) is 0 Å². The Hall–Kier alpha value is -3.07. The first-order chi connectivity index (χ1) is 21.1. The summed E-state index contributed by atoms with van der Waals surface area (Å²) in [5.41, 5.74) is 5.85. The van der Waals surface area contributed by atoms with Crippen LogP contribution in [0, 0.1) is 11.2 Å². The Labute approximate surface area is 263 Å². The fourth-order valence-electron chi connectivity index (χ4n) is 8.17. The van der Waals surface area contributed by atoms with Gasteiger partial charge in [0, 0.05) is 66.4 Å². The molecule has 7 nitrogen and oxygen atoms in total. The van der Waals surface area contributed by atoms with Gasteiger partial charge >= 0.3 is 0 Å². The summed E-state index contributed by atoms with van der Waals surface area (Å²) in [4.78, 5) is 43.6. The Morgan fingerprint density at radius 3 is 2.39 bits per heavy atom. The highest BCUT2D eigenvalue weighted by molar-refractivity contribution is 6.30. The molecule has 44 heavy (non-hydrogen) atoms. The number of fused-ring (bicyclic) bond motifs is 3. The fourth-order valence-corrected chi connectivity index (χ4v) is 8.30. The van der Waals surface area contributed by atoms with Crippen LogP contribution < -0.4 is 5.32 Å². The maximum absolute atomic E-state index is 16.0. The zero-order valence-corrected chi connectivity index (χ0v) is 26.3. The predicted octanol–water partition coefficient (Wildman–Crippen LogP) is 5.55. The molecule has 2 bridgehead atoms. The molecular weight excluding hydrogens is 579 g/mol. The van der Waals surface area contributed by atoms with Gasteiger partial charge in [-0.3, -0.25) is 29.5 Å². The van der Waals surface area contributed by atoms with Gasteiger partial charge in [0.25, 0.3) is 5.91 Å². The van der Waals surface area contributed by atoms with E-state index in [1.54, 1.807) is 12.1 Å². The molecule has 4 heterocycles. The van der Waals surface area contributed by atoms with Crippen molar-refractivity contribution >= 4 is 34.9 Å². The quantitative estimate of drug-likeness (QED) is 0.430. The highest BCUT2D eigenvalue weighted by Gasteiger charge is 2.43. The average Bonchev–Trinajstić information content (AvgIpc) is 3.43. The molecule has 2 aromatic carbocycles. The summed E-state index contributed by atoms with van der Waals surface area (Å²) in [5.74, 6) is -1.49. The molecule has 9 heteroatoms. The molecule has 232 valence electrons. The molecule has 3 atom stereocenters. The Morgan fingerprint density at radius 1 is 0.955 bits per heavy atom. The number of likely N-dealkylation sites (tertiary alicyclic amines) is 1. The van der Waals surface area contributed by atoms with Crippen LogP contribution in [-0.2, 0) is 22.7 Å². The second-order valence-electron chi connectivity index (χ2n) is 14.1. The molecule has 1 N–H and O–H groups in total. The van der Waals surface area contributed by atoms with Crippen LogP contribution in [0.3, 0.4) is 0 Å². The number of halogens is 2. The maximum Gasteiger partial charge on any atom is 0.255 e. The molecule has 0 saturated carbocycles. The SMILES string of the molecule is CC1(C)CCC(CN2CC3CCC(C2)N3Cc2ccc3c(c2F)CN(C2CCC(=O)NC2=O)C3=O)=C(c2ccc(Cl)cc2)C1. The molecule has 3 fully saturated rings. The van der Waals surface area contributed by atoms with E-state index in [2.05, 4.69) is 41.1 Å². The minimum Gasteiger partial charge on any atom is -0.322 e. The van der Waals surface area contributed by atoms with Crippen molar-refractivity contribution in [2.24, 2.45) is 5.41 Å². The van der Waals surface area contributed by atoms with E-state index in [0.29, 0.717) is 35.3 Å². The van der Waals surface area contributed by atoms with Gasteiger partial charge in [0.1, 0.15) is 11.9 Å². The Morgan fingerprint density at radius 2 is 1.68 bits per heavy atom. The number of piperidine rings is 1. The van der Waals surface area contributed by atoms with Crippen LogP contribution in [0.1, 0.15) is 85.8 Å². The molecule has 7 rings (SSSR count). The first-order valence-corrected chi connectivity index (χ1v) is 16.3. The minimum atomic E-state index is -0.745. The molecule has 0 radical (unpaired) electrons. The number of hydrogen-bond acceptors (Lipinski definition) is 5. The number of nitrogens with zero attached hydrogens (tertiary/aromatic N) is 3. The van der Waals surface area contributed by atoms with Crippen molar-refractivity contribution in [1.82, 2.24) is 20.0 Å². The number of rotatable bonds is 6. The van der Waals surface area contributed by atoms with Gasteiger partial charge in [-0.25, -0.2) is 4.39 Å². The number of amides is 3. The summed E-state index contributed by atoms with van der Waals surface area (Å²) in [6.07, 6.45) is 6.01. The van der Waals surface area contributed by atoms with Gasteiger partial charge in [-0.15, -0.1) is 0 Å². The van der Waals surface area contributed by atoms with E-state index < -0.39 is 11.9 Å². The van der Waals surface area contributed by atoms with E-state index in [1.165, 1.54) is 28.0 Å². The number of carbonyl (C=O) groups excluding carboxylic acids is 3. The molecule has 0 aromatic heterocycles. The van der Waals surface area contributed by atoms with E-state index in [-0.39, 0.29) is 42.4 Å². The van der Waals surface area contributed by atoms with Crippen molar-refractivity contribution in [1.29, 1.82) is 0 Å². The van der Waals surface area contributed by atoms with Gasteiger partial charge in [0.2, 0.25) is 11.8 Å². The van der Waals surface area contributed by atoms with Crippen LogP contribution in [0.2, 0.25) is 5.02 Å². The van der Waals surface area contributed by atoms with Gasteiger partial charge in [0.05, 0.1) is 6.54 Å². The molecule has 5 aliphatic rings. The van der Waals surface area contributed by atoms with Gasteiger partial charge < -0.3 is 4.90 Å². The predicted molar refractivity (Wildman–Crippen MR) is 167 cm³/mol. The molecule has 4 aliphatic heterocycles. The topological polar surface area (TPSA) is 73.0 Å². The first kappa shape index (κ1) is 29.6. The highest BCUT2D eigenvalue weighted by Crippen LogP contribution is 2.44. The normalized spacial score (nSPS) is 27.2. The Bertz CT molecular complexity index is 1540. The lowest BCUT2D eigenvalue weighted by Gasteiger charge is -2.43. The number of piperazine rings is 1. The van der Waals surface area contributed by atoms with Crippen molar-refractivity contribution in [2.45, 2.75) is 90.0 Å². The molecule has 0 spiro atoms. The van der Waals surface area contributed by atoms with E-state index in [9.17, 15) is 14.4 Å². The second-order valence-corrected chi connectivity index (χ2v) is 14.6. The van der Waals surface area contributed by atoms with Crippen molar-refractivity contribution < 1.29 is 18.8 Å². The third-order valence-electron chi connectivity index (χ3n) is 10.6. The van der Waals surface area contributed by atoms with Crippen LogP contribution in [-0.4, -0.2) is 70.2 Å². The lowest BCUT2D eigenvalue weighted by molar-refractivity contribution is -0.136. The first-order valence-electron chi connectivity index (χ1n) is 16.0. The lowest BCUT2D eigenvalue weighted by Crippen LogP contribution is -2.53. The molecular formula is C35H40ClFN4O3. The van der Waals surface area contributed by atoms with Crippen molar-refractivity contribution in [2.75, 3.05) is 19.6 Å². The lowest BCUT2D eigenvalue weighted by atomic mass is 9.72. The van der Waals surface area contributed by atoms with Gasteiger partial charge in [-0.2, -0.15) is 0 Å². The molecule has 3 amide bonds. The van der Waals surface area contributed by atoms with Crippen LogP contribution in [0.15, 0.2) is 42.0 Å². The van der Waals surface area contributed by atoms with E-state index in [0.717, 1.165) is 50.3 Å². The zero-order chi connectivity index (χ0) is 30.7. The second kappa shape index (κ2) is 11.4. The maximum atomic E-state index is 16.0. The molecule has 3 saturated heterocycles. The third-order valence-corrected chi connectivity index (χ3v) is 10.8. The van der Waals surface area contributed by atoms with Crippen LogP contribution in [0.25, 0.3) is 5.57 Å². The van der Waals surface area contributed by atoms with Crippen LogP contribution in [0.4, 0.5) is 4.39 Å². The standard InChI is InChI=1S/C35H40ClFN4O3/c1-35(2)14-13-22(28(15-35)21-3-6-24(36)7-4-21)16-39-18-25-8-9-26(19-39)40(25)17-23-5-10-27-29(32(23)37)20-41(34(27)44)30-11-12-31(42)38-33(30)43/h3-7,10,25-26,30H,8-9,11-20H2,1-2H3,(H,38,42,43). The molecule has 1 aliphatic carbocycles. The highest BCUT2D eigenvalue weighted by atomic mass is 35.5. The number of nitrogens with one attached hydrogen (secondary N) is 1.